The molecule has 196 valence electrons. The summed E-state index contributed by atoms with van der Waals surface area (Å²) in [7, 11) is 1.65. The lowest BCUT2D eigenvalue weighted by Gasteiger charge is -2.15. The predicted octanol–water partition coefficient (Wildman–Crippen LogP) is 7.61. The molecule has 1 heterocycles. The van der Waals surface area contributed by atoms with Gasteiger partial charge in [0, 0.05) is 11.5 Å². The van der Waals surface area contributed by atoms with Crippen molar-refractivity contribution in [3.8, 4) is 33.8 Å². The fourth-order valence-corrected chi connectivity index (χ4v) is 4.74. The van der Waals surface area contributed by atoms with Crippen molar-refractivity contribution in [1.29, 1.82) is 0 Å². The molecule has 5 nitrogen and oxygen atoms in total. The Morgan fingerprint density at radius 3 is 2.10 bits per heavy atom. The summed E-state index contributed by atoms with van der Waals surface area (Å²) in [5, 5.41) is 5.07. The van der Waals surface area contributed by atoms with E-state index >= 15 is 0 Å². The highest BCUT2D eigenvalue weighted by Crippen LogP contribution is 2.34. The molecule has 0 spiro atoms. The number of aryl methyl sites for hydroxylation is 1. The first-order valence-electron chi connectivity index (χ1n) is 13.2. The summed E-state index contributed by atoms with van der Waals surface area (Å²) in [6.45, 7) is 4.24. The smallest absolute Gasteiger partial charge is 0.306 e. The van der Waals surface area contributed by atoms with Gasteiger partial charge in [0.2, 0.25) is 0 Å². The minimum atomic E-state index is -0.266. The number of carbonyl (C=O) groups excluding carboxylic acids is 1. The van der Waals surface area contributed by atoms with Gasteiger partial charge in [-0.3, -0.25) is 4.79 Å². The van der Waals surface area contributed by atoms with Crippen LogP contribution in [0.25, 0.3) is 28.1 Å². The van der Waals surface area contributed by atoms with Crippen LogP contribution >= 0.6 is 0 Å². The maximum atomic E-state index is 12.8. The lowest BCUT2D eigenvalue weighted by atomic mass is 9.90. The van der Waals surface area contributed by atoms with Crippen LogP contribution in [0.2, 0.25) is 0 Å². The number of nitrogens with zero attached hydrogens (tertiary/aromatic N) is 2. The third-order valence-corrected chi connectivity index (χ3v) is 6.85. The van der Waals surface area contributed by atoms with E-state index in [4.69, 9.17) is 14.6 Å². The highest BCUT2D eigenvalue weighted by Gasteiger charge is 2.24. The van der Waals surface area contributed by atoms with E-state index in [9.17, 15) is 4.79 Å². The lowest BCUT2D eigenvalue weighted by molar-refractivity contribution is -0.143. The molecule has 0 aliphatic carbocycles. The van der Waals surface area contributed by atoms with Crippen LogP contribution in [0.1, 0.15) is 36.1 Å². The number of hydrogen-bond donors (Lipinski definition) is 0. The molecule has 1 atom stereocenters. The molecular formula is C34H32N2O3. The summed E-state index contributed by atoms with van der Waals surface area (Å²) in [5.74, 6) is 0.268. The maximum Gasteiger partial charge on any atom is 0.306 e. The van der Waals surface area contributed by atoms with E-state index in [1.165, 1.54) is 5.56 Å². The molecule has 0 saturated heterocycles. The molecule has 0 aliphatic rings. The van der Waals surface area contributed by atoms with E-state index in [1.54, 1.807) is 7.11 Å². The minimum absolute atomic E-state index is 0.200. The zero-order chi connectivity index (χ0) is 27.2. The first-order valence-corrected chi connectivity index (χ1v) is 13.2. The van der Waals surface area contributed by atoms with Gasteiger partial charge in [-0.2, -0.15) is 5.10 Å². The van der Waals surface area contributed by atoms with Gasteiger partial charge >= 0.3 is 5.97 Å². The van der Waals surface area contributed by atoms with Gasteiger partial charge in [0.1, 0.15) is 5.75 Å². The van der Waals surface area contributed by atoms with Crippen LogP contribution in [-0.2, 0) is 9.53 Å². The number of benzene rings is 4. The largest absolute Gasteiger partial charge is 0.497 e. The molecule has 0 N–H and O–H groups in total. The van der Waals surface area contributed by atoms with Crippen molar-refractivity contribution < 1.29 is 14.3 Å². The van der Waals surface area contributed by atoms with E-state index in [2.05, 4.69) is 73.7 Å². The molecule has 1 aromatic heterocycles. The molecule has 4 aromatic carbocycles. The molecule has 5 aromatic rings. The molecule has 0 aliphatic heterocycles. The zero-order valence-electron chi connectivity index (χ0n) is 22.5. The van der Waals surface area contributed by atoms with Gasteiger partial charge in [-0.05, 0) is 60.9 Å². The fraction of sp³-hybridized carbons (Fsp3) is 0.176. The Balaban J connectivity index is 1.60. The van der Waals surface area contributed by atoms with Crippen LogP contribution in [-0.4, -0.2) is 29.5 Å². The van der Waals surface area contributed by atoms with Gasteiger partial charge < -0.3 is 9.47 Å². The first-order chi connectivity index (χ1) is 19.1. The summed E-state index contributed by atoms with van der Waals surface area (Å²) in [6.07, 6.45) is 0.200. The summed E-state index contributed by atoms with van der Waals surface area (Å²) in [4.78, 5) is 12.8. The molecule has 5 heteroatoms. The van der Waals surface area contributed by atoms with Crippen LogP contribution in [0.5, 0.6) is 5.75 Å². The summed E-state index contributed by atoms with van der Waals surface area (Å²) >= 11 is 0. The summed E-state index contributed by atoms with van der Waals surface area (Å²) < 4.78 is 12.7. The van der Waals surface area contributed by atoms with E-state index in [-0.39, 0.29) is 18.3 Å². The second kappa shape index (κ2) is 11.8. The number of aromatic nitrogens is 2. The SMILES string of the molecule is CCOC(=O)CC(c1ccc(-c2ccccc2)cc1)c1cc(-c2ccc(C)cc2)n(-c2ccc(OC)cc2)n1. The molecular weight excluding hydrogens is 484 g/mol. The van der Waals surface area contributed by atoms with Crippen molar-refractivity contribution >= 4 is 5.97 Å². The highest BCUT2D eigenvalue weighted by molar-refractivity contribution is 5.72. The van der Waals surface area contributed by atoms with E-state index < -0.39 is 0 Å². The predicted molar refractivity (Wildman–Crippen MR) is 155 cm³/mol. The average molecular weight is 517 g/mol. The highest BCUT2D eigenvalue weighted by atomic mass is 16.5. The number of rotatable bonds is 9. The number of carbonyl (C=O) groups is 1. The molecule has 0 amide bonds. The van der Waals surface area contributed by atoms with Crippen molar-refractivity contribution in [2.75, 3.05) is 13.7 Å². The van der Waals surface area contributed by atoms with E-state index in [1.807, 2.05) is 54.1 Å². The van der Waals surface area contributed by atoms with Crippen molar-refractivity contribution in [3.63, 3.8) is 0 Å². The molecule has 0 radical (unpaired) electrons. The minimum Gasteiger partial charge on any atom is -0.497 e. The average Bonchev–Trinajstić information content (AvgIpc) is 3.42. The van der Waals surface area contributed by atoms with Gasteiger partial charge in [0.05, 0.1) is 37.2 Å². The van der Waals surface area contributed by atoms with Gasteiger partial charge in [0.25, 0.3) is 0 Å². The molecule has 0 fully saturated rings. The Labute approximate surface area is 229 Å². The Hall–Kier alpha value is -4.64. The van der Waals surface area contributed by atoms with E-state index in [0.29, 0.717) is 6.61 Å². The Morgan fingerprint density at radius 1 is 0.821 bits per heavy atom. The van der Waals surface area contributed by atoms with Crippen molar-refractivity contribution in [1.82, 2.24) is 9.78 Å². The number of hydrogen-bond acceptors (Lipinski definition) is 4. The van der Waals surface area contributed by atoms with Gasteiger partial charge in [-0.1, -0.05) is 84.4 Å². The third kappa shape index (κ3) is 5.93. The van der Waals surface area contributed by atoms with Crippen molar-refractivity contribution in [2.24, 2.45) is 0 Å². The zero-order valence-corrected chi connectivity index (χ0v) is 22.5. The van der Waals surface area contributed by atoms with E-state index in [0.717, 1.165) is 45.1 Å². The molecule has 39 heavy (non-hydrogen) atoms. The quantitative estimate of drug-likeness (QED) is 0.189. The number of methoxy groups -OCH3 is 1. The van der Waals surface area contributed by atoms with Crippen LogP contribution in [0.4, 0.5) is 0 Å². The number of esters is 1. The Kier molecular flexibility index (Phi) is 7.88. The monoisotopic (exact) mass is 516 g/mol. The van der Waals surface area contributed by atoms with Crippen LogP contribution in [0, 0.1) is 6.92 Å². The normalized spacial score (nSPS) is 11.7. The molecule has 1 unspecified atom stereocenters. The maximum absolute atomic E-state index is 12.8. The Morgan fingerprint density at radius 2 is 1.46 bits per heavy atom. The first kappa shape index (κ1) is 26.0. The Bertz CT molecular complexity index is 1520. The standard InChI is InChI=1S/C34H32N2O3/c1-4-39-34(37)22-31(27-16-14-26(15-17-27)25-8-6-5-7-9-25)32-23-33(28-12-10-24(2)11-13-28)36(35-32)29-18-20-30(38-3)21-19-29/h5-21,23,31H,4,22H2,1-3H3. The van der Waals surface area contributed by atoms with Crippen LogP contribution < -0.4 is 4.74 Å². The second-order valence-corrected chi connectivity index (χ2v) is 9.48. The lowest BCUT2D eigenvalue weighted by Crippen LogP contribution is -2.12. The molecule has 0 bridgehead atoms. The topological polar surface area (TPSA) is 53.4 Å². The number of ether oxygens (including phenoxy) is 2. The molecule has 0 saturated carbocycles. The fourth-order valence-electron chi connectivity index (χ4n) is 4.74. The van der Waals surface area contributed by atoms with Crippen molar-refractivity contribution in [3.05, 3.63) is 126 Å². The van der Waals surface area contributed by atoms with Gasteiger partial charge in [-0.15, -0.1) is 0 Å². The summed E-state index contributed by atoms with van der Waals surface area (Å²) in [6, 6.07) is 37.0. The van der Waals surface area contributed by atoms with Crippen LogP contribution in [0.3, 0.4) is 0 Å². The second-order valence-electron chi connectivity index (χ2n) is 9.48. The van der Waals surface area contributed by atoms with Crippen molar-refractivity contribution in [2.45, 2.75) is 26.2 Å². The molecule has 5 rings (SSSR count). The summed E-state index contributed by atoms with van der Waals surface area (Å²) in [5.41, 5.74) is 8.18. The van der Waals surface area contributed by atoms with Gasteiger partial charge in [0.15, 0.2) is 0 Å². The van der Waals surface area contributed by atoms with Gasteiger partial charge in [-0.25, -0.2) is 4.68 Å². The third-order valence-electron chi connectivity index (χ3n) is 6.85. The van der Waals surface area contributed by atoms with Crippen LogP contribution in [0.15, 0.2) is 109 Å².